The fraction of sp³-hybridized carbons (Fsp3) is 0.155. The van der Waals surface area contributed by atoms with E-state index in [4.69, 9.17) is 5.26 Å². The number of hydrogen-bond donors (Lipinski definition) is 0. The predicted octanol–water partition coefficient (Wildman–Crippen LogP) is 16.3. The first-order valence-corrected chi connectivity index (χ1v) is 26.0. The summed E-state index contributed by atoms with van der Waals surface area (Å²) in [5, 5.41) is 13.3. The minimum Gasteiger partial charge on any atom is -0.194 e. The van der Waals surface area contributed by atoms with Crippen molar-refractivity contribution >= 4 is 51.2 Å². The van der Waals surface area contributed by atoms with Gasteiger partial charge in [0.05, 0.1) is 62.3 Å². The minimum absolute atomic E-state index is 0.691. The first-order chi connectivity index (χ1) is 39.1. The lowest BCUT2D eigenvalue weighted by molar-refractivity contribution is -0.144. The van der Waals surface area contributed by atoms with E-state index in [0.29, 0.717) is 5.56 Å². The molecule has 0 bridgehead atoms. The summed E-state index contributed by atoms with van der Waals surface area (Å²) in [5.74, 6) is 0. The molecule has 0 aliphatic carbocycles. The van der Waals surface area contributed by atoms with Crippen LogP contribution in [-0.2, 0) is 55.6 Å². The molecule has 0 unspecified atom stereocenters. The topological polar surface area (TPSA) is 23.8 Å². The third-order valence-corrected chi connectivity index (χ3v) is 17.9. The SMILES string of the molecule is FC(F)(F)c1cc([B-](c2cc(C(F)(F)F)cc(C(F)(F)F)c2)(c2cc(C(F)(F)F)cc(C(F)(F)F)c2)c2cc(C(F)(F)F)cc(C(F)(F)F)c2)cc(C(F)(F)F)c1.N#Cc1ccc(C[P+](c2ccccc2)(c2ccccc2)c2ccccc2)cc1. The largest absolute Gasteiger partial charge is 0.416 e. The van der Waals surface area contributed by atoms with Crippen LogP contribution in [0.5, 0.6) is 0 Å². The molecule has 0 aliphatic rings. The standard InChI is InChI=1S/C32H12BF24.C26H21NP/c34-25(35,36)13-1-14(26(37,38)39)6-21(5-13)33(22-7-15(27(40,41)42)2-16(8-22)28(43,44)45,23-9-17(29(46,47)48)3-18(10-23)30(49,50)51)24-11-19(31(52,53)54)4-20(12-24)32(55,56)57;27-20-22-16-18-23(19-17-22)21-28(24-10-4-1-5-11-24,25-12-6-2-7-13-25)26-14-8-3-9-15-26/h1-12H;1-19H,21H2/q-1;+1. The van der Waals surface area contributed by atoms with Crippen LogP contribution in [0, 0.1) is 11.3 Å². The molecular formula is C58H33BF24NP. The maximum absolute atomic E-state index is 14.2. The molecule has 8 aromatic rings. The Hall–Kier alpha value is -7.94. The maximum Gasteiger partial charge on any atom is 0.416 e. The van der Waals surface area contributed by atoms with E-state index in [1.807, 2.05) is 12.1 Å². The van der Waals surface area contributed by atoms with Crippen molar-refractivity contribution in [3.05, 3.63) is 244 Å². The number of alkyl halides is 24. The molecule has 0 aromatic heterocycles. The molecule has 0 fully saturated rings. The first kappa shape index (κ1) is 64.6. The van der Waals surface area contributed by atoms with Gasteiger partial charge in [-0.1, -0.05) is 115 Å². The highest BCUT2D eigenvalue weighted by Gasteiger charge is 2.49. The van der Waals surface area contributed by atoms with E-state index >= 15 is 0 Å². The van der Waals surface area contributed by atoms with E-state index in [1.165, 1.54) is 21.5 Å². The molecule has 0 aliphatic heterocycles. The highest BCUT2D eigenvalue weighted by molar-refractivity contribution is 7.95. The van der Waals surface area contributed by atoms with Gasteiger partial charge in [-0.25, -0.2) is 0 Å². The Balaban J connectivity index is 0.000000306. The quantitative estimate of drug-likeness (QED) is 0.0803. The molecule has 0 saturated carbocycles. The van der Waals surface area contributed by atoms with E-state index in [-0.39, 0.29) is 0 Å². The zero-order valence-corrected chi connectivity index (χ0v) is 43.0. The summed E-state index contributed by atoms with van der Waals surface area (Å²) in [6.45, 7) is 0. The summed E-state index contributed by atoms with van der Waals surface area (Å²) >= 11 is 0. The lowest BCUT2D eigenvalue weighted by Crippen LogP contribution is -2.75. The number of nitriles is 1. The number of hydrogen-bond acceptors (Lipinski definition) is 1. The summed E-state index contributed by atoms with van der Waals surface area (Å²) in [4.78, 5) is 0. The van der Waals surface area contributed by atoms with E-state index in [2.05, 4.69) is 109 Å². The van der Waals surface area contributed by atoms with Crippen LogP contribution in [0.25, 0.3) is 0 Å². The molecule has 0 radical (unpaired) electrons. The number of rotatable bonds is 9. The second-order valence-electron chi connectivity index (χ2n) is 19.0. The van der Waals surface area contributed by atoms with Gasteiger partial charge in [0.1, 0.15) is 29.3 Å². The zero-order valence-electron chi connectivity index (χ0n) is 42.1. The monoisotopic (exact) mass is 1240 g/mol. The van der Waals surface area contributed by atoms with Crippen molar-refractivity contribution in [2.24, 2.45) is 0 Å². The Morgan fingerprint density at radius 2 is 0.482 bits per heavy atom. The Labute approximate surface area is 466 Å². The van der Waals surface area contributed by atoms with Gasteiger partial charge >= 0.3 is 49.4 Å². The summed E-state index contributed by atoms with van der Waals surface area (Å²) in [5.41, 5.74) is -28.3. The second-order valence-corrected chi connectivity index (χ2v) is 22.5. The Morgan fingerprint density at radius 3 is 0.659 bits per heavy atom. The van der Waals surface area contributed by atoms with Crippen LogP contribution in [0.15, 0.2) is 188 Å². The molecular weight excluding hydrogens is 1210 g/mol. The van der Waals surface area contributed by atoms with Gasteiger partial charge < -0.3 is 0 Å². The molecule has 27 heteroatoms. The lowest BCUT2D eigenvalue weighted by atomic mass is 9.12. The second kappa shape index (κ2) is 23.2. The number of halogens is 24. The van der Waals surface area contributed by atoms with Crippen LogP contribution < -0.4 is 37.8 Å². The summed E-state index contributed by atoms with van der Waals surface area (Å²) in [7, 11) is -1.88. The van der Waals surface area contributed by atoms with E-state index in [9.17, 15) is 105 Å². The van der Waals surface area contributed by atoms with Gasteiger partial charge in [-0.3, -0.25) is 0 Å². The van der Waals surface area contributed by atoms with Crippen molar-refractivity contribution in [3.63, 3.8) is 0 Å². The molecule has 1 nitrogen and oxygen atoms in total. The molecule has 8 aromatic carbocycles. The van der Waals surface area contributed by atoms with Crippen LogP contribution in [-0.4, -0.2) is 6.15 Å². The van der Waals surface area contributed by atoms with E-state index < -0.39 is 202 Å². The maximum atomic E-state index is 14.2. The molecule has 8 rings (SSSR count). The highest BCUT2D eigenvalue weighted by atomic mass is 31.2. The molecule has 0 spiro atoms. The first-order valence-electron chi connectivity index (χ1n) is 24.0. The van der Waals surface area contributed by atoms with Gasteiger partial charge in [0, 0.05) is 0 Å². The normalized spacial score (nSPS) is 13.2. The molecule has 85 heavy (non-hydrogen) atoms. The average molecular weight is 1240 g/mol. The average Bonchev–Trinajstić information content (AvgIpc) is 0.771. The fourth-order valence-electron chi connectivity index (χ4n) is 9.80. The zero-order chi connectivity index (χ0) is 63.1. The van der Waals surface area contributed by atoms with Gasteiger partial charge in [-0.2, -0.15) is 132 Å². The molecule has 446 valence electrons. The fourth-order valence-corrected chi connectivity index (χ4v) is 14.0. The minimum atomic E-state index is -6.13. The molecule has 0 amide bonds. The van der Waals surface area contributed by atoms with Crippen molar-refractivity contribution < 1.29 is 105 Å². The van der Waals surface area contributed by atoms with Crippen LogP contribution in [0.3, 0.4) is 0 Å². The molecule has 0 heterocycles. The van der Waals surface area contributed by atoms with Gasteiger partial charge in [-0.15, -0.1) is 0 Å². The van der Waals surface area contributed by atoms with Crippen molar-refractivity contribution in [2.45, 2.75) is 55.6 Å². The van der Waals surface area contributed by atoms with Gasteiger partial charge in [0.15, 0.2) is 0 Å². The van der Waals surface area contributed by atoms with Crippen molar-refractivity contribution in [3.8, 4) is 6.07 Å². The third-order valence-electron chi connectivity index (χ3n) is 13.5. The number of nitrogens with zero attached hydrogens (tertiary/aromatic N) is 1. The summed E-state index contributed by atoms with van der Waals surface area (Å²) in [6.07, 6.45) is -53.9. The molecule has 0 saturated heterocycles. The highest BCUT2D eigenvalue weighted by Crippen LogP contribution is 2.58. The number of benzene rings is 8. The van der Waals surface area contributed by atoms with Gasteiger partial charge in [0.25, 0.3) is 0 Å². The van der Waals surface area contributed by atoms with Crippen molar-refractivity contribution in [2.75, 3.05) is 0 Å². The van der Waals surface area contributed by atoms with Crippen LogP contribution in [0.2, 0.25) is 0 Å². The van der Waals surface area contributed by atoms with Gasteiger partial charge in [0.2, 0.25) is 0 Å². The third kappa shape index (κ3) is 14.3. The summed E-state index contributed by atoms with van der Waals surface area (Å²) in [6, 6.07) is 34.1. The lowest BCUT2D eigenvalue weighted by Gasteiger charge is -2.46. The van der Waals surface area contributed by atoms with Crippen molar-refractivity contribution in [1.29, 1.82) is 5.26 Å². The molecule has 0 N–H and O–H groups in total. The Morgan fingerprint density at radius 1 is 0.282 bits per heavy atom. The Bertz CT molecular complexity index is 3150. The predicted molar refractivity (Wildman–Crippen MR) is 270 cm³/mol. The van der Waals surface area contributed by atoms with Crippen LogP contribution >= 0.6 is 7.26 Å². The Kier molecular flexibility index (Phi) is 17.6. The van der Waals surface area contributed by atoms with Crippen LogP contribution in [0.4, 0.5) is 105 Å². The smallest absolute Gasteiger partial charge is 0.194 e. The van der Waals surface area contributed by atoms with Crippen molar-refractivity contribution in [1.82, 2.24) is 0 Å². The van der Waals surface area contributed by atoms with Gasteiger partial charge in [-0.05, 0) is 78.4 Å². The van der Waals surface area contributed by atoms with Crippen LogP contribution in [0.1, 0.15) is 55.6 Å². The summed E-state index contributed by atoms with van der Waals surface area (Å²) < 4.78 is 341. The van der Waals surface area contributed by atoms with E-state index in [1.54, 1.807) is 0 Å². The molecule has 0 atom stereocenters. The van der Waals surface area contributed by atoms with E-state index in [0.717, 1.165) is 6.16 Å².